The van der Waals surface area contributed by atoms with Gasteiger partial charge in [0.1, 0.15) is 5.82 Å². The lowest BCUT2D eigenvalue weighted by atomic mass is 9.93. The number of rotatable bonds is 4. The minimum absolute atomic E-state index is 0.0811. The number of hydrogen-bond donors (Lipinski definition) is 1. The molecular weight excluding hydrogens is 407 g/mol. The molecule has 172 valence electrons. The number of carbonyl (C=O) groups is 2. The number of anilines is 1. The molecule has 3 rings (SSSR count). The highest BCUT2D eigenvalue weighted by atomic mass is 19.1. The molecule has 0 saturated carbocycles. The van der Waals surface area contributed by atoms with Crippen LogP contribution in [-0.2, 0) is 11.3 Å². The van der Waals surface area contributed by atoms with Crippen LogP contribution in [0.4, 0.5) is 10.1 Å². The average Bonchev–Trinajstić information content (AvgIpc) is 2.71. The van der Waals surface area contributed by atoms with Gasteiger partial charge in [0, 0.05) is 55.2 Å². The Morgan fingerprint density at radius 1 is 1.19 bits per heavy atom. The van der Waals surface area contributed by atoms with E-state index in [9.17, 15) is 14.0 Å². The first-order chi connectivity index (χ1) is 15.0. The summed E-state index contributed by atoms with van der Waals surface area (Å²) in [6.45, 7) is 14.2. The summed E-state index contributed by atoms with van der Waals surface area (Å²) in [6.07, 6.45) is 1.51. The summed E-state index contributed by atoms with van der Waals surface area (Å²) in [4.78, 5) is 33.6. The van der Waals surface area contributed by atoms with Gasteiger partial charge in [-0.05, 0) is 56.2 Å². The van der Waals surface area contributed by atoms with E-state index in [0.717, 1.165) is 23.4 Å². The normalized spacial score (nSPS) is 17.3. The molecule has 0 radical (unpaired) electrons. The smallest absolute Gasteiger partial charge is 0.257 e. The van der Waals surface area contributed by atoms with Crippen molar-refractivity contribution in [2.45, 2.75) is 54.1 Å². The summed E-state index contributed by atoms with van der Waals surface area (Å²) in [5.74, 6) is -0.556. The summed E-state index contributed by atoms with van der Waals surface area (Å²) in [5.41, 5.74) is 2.96. The van der Waals surface area contributed by atoms with E-state index in [1.165, 1.54) is 18.3 Å². The number of carbonyl (C=O) groups excluding carboxylic acids is 2. The van der Waals surface area contributed by atoms with Crippen LogP contribution >= 0.6 is 0 Å². The number of pyridine rings is 1. The van der Waals surface area contributed by atoms with Crippen molar-refractivity contribution in [1.82, 2.24) is 14.8 Å². The fraction of sp³-hybridized carbons (Fsp3) is 0.480. The molecule has 1 aromatic carbocycles. The molecule has 2 aromatic rings. The fourth-order valence-corrected chi connectivity index (χ4v) is 3.98. The van der Waals surface area contributed by atoms with Gasteiger partial charge in [-0.25, -0.2) is 4.39 Å². The van der Waals surface area contributed by atoms with Crippen LogP contribution in [0.15, 0.2) is 30.5 Å². The zero-order chi connectivity index (χ0) is 23.6. The molecule has 0 spiro atoms. The van der Waals surface area contributed by atoms with Crippen LogP contribution < -0.4 is 5.32 Å². The van der Waals surface area contributed by atoms with Gasteiger partial charge in [0.05, 0.1) is 5.56 Å². The number of benzene rings is 1. The van der Waals surface area contributed by atoms with E-state index in [0.29, 0.717) is 30.9 Å². The number of hydrogen-bond acceptors (Lipinski definition) is 4. The zero-order valence-corrected chi connectivity index (χ0v) is 19.8. The molecule has 32 heavy (non-hydrogen) atoms. The molecule has 7 heteroatoms. The van der Waals surface area contributed by atoms with E-state index >= 15 is 0 Å². The van der Waals surface area contributed by atoms with Gasteiger partial charge in [0.15, 0.2) is 0 Å². The summed E-state index contributed by atoms with van der Waals surface area (Å²) < 4.78 is 14.4. The van der Waals surface area contributed by atoms with E-state index in [-0.39, 0.29) is 17.9 Å². The van der Waals surface area contributed by atoms with E-state index in [1.54, 1.807) is 12.1 Å². The highest BCUT2D eigenvalue weighted by Crippen LogP contribution is 2.26. The minimum atomic E-state index is -0.407. The predicted octanol–water partition coefficient (Wildman–Crippen LogP) is 4.17. The lowest BCUT2D eigenvalue weighted by Gasteiger charge is -2.42. The molecule has 1 unspecified atom stereocenters. The molecule has 1 atom stereocenters. The van der Waals surface area contributed by atoms with Crippen LogP contribution in [0.1, 0.15) is 54.9 Å². The van der Waals surface area contributed by atoms with Crippen molar-refractivity contribution < 1.29 is 14.0 Å². The van der Waals surface area contributed by atoms with E-state index in [4.69, 9.17) is 0 Å². The van der Waals surface area contributed by atoms with Gasteiger partial charge in [0.25, 0.3) is 5.91 Å². The van der Waals surface area contributed by atoms with Gasteiger partial charge < -0.3 is 10.2 Å². The first-order valence-corrected chi connectivity index (χ1v) is 11.0. The topological polar surface area (TPSA) is 65.5 Å². The maximum atomic E-state index is 14.4. The SMILES string of the molecule is Cc1ccc(C(=O)Nc2cc(F)cc(CN3CCN(C(=O)C(C)(C)C)C(C)C3)c2C)cn1. The predicted molar refractivity (Wildman–Crippen MR) is 124 cm³/mol. The second kappa shape index (κ2) is 9.36. The van der Waals surface area contributed by atoms with E-state index in [1.807, 2.05) is 39.5 Å². The first-order valence-electron chi connectivity index (χ1n) is 11.0. The quantitative estimate of drug-likeness (QED) is 0.775. The molecule has 2 heterocycles. The molecule has 1 saturated heterocycles. The van der Waals surface area contributed by atoms with Crippen molar-refractivity contribution in [3.8, 4) is 0 Å². The van der Waals surface area contributed by atoms with Crippen molar-refractivity contribution in [2.75, 3.05) is 25.0 Å². The number of nitrogens with one attached hydrogen (secondary N) is 1. The molecule has 0 bridgehead atoms. The van der Waals surface area contributed by atoms with Gasteiger partial charge in [-0.15, -0.1) is 0 Å². The molecule has 6 nitrogen and oxygen atoms in total. The van der Waals surface area contributed by atoms with Crippen LogP contribution in [0, 0.1) is 25.1 Å². The Labute approximate surface area is 189 Å². The van der Waals surface area contributed by atoms with Gasteiger partial charge in [-0.3, -0.25) is 19.5 Å². The standard InChI is InChI=1S/C25H33FN4O2/c1-16-7-8-19(13-27-16)23(31)28-22-12-21(26)11-20(18(22)3)15-29-9-10-30(17(2)14-29)24(32)25(4,5)6/h7-8,11-13,17H,9-10,14-15H2,1-6H3,(H,28,31). The van der Waals surface area contributed by atoms with Gasteiger partial charge >= 0.3 is 0 Å². The van der Waals surface area contributed by atoms with Crippen LogP contribution in [0.5, 0.6) is 0 Å². The third-order valence-electron chi connectivity index (χ3n) is 5.91. The van der Waals surface area contributed by atoms with Crippen molar-refractivity contribution >= 4 is 17.5 Å². The number of halogens is 1. The Morgan fingerprint density at radius 2 is 1.91 bits per heavy atom. The summed E-state index contributed by atoms with van der Waals surface area (Å²) in [5, 5.41) is 2.82. The molecule has 1 aliphatic heterocycles. The monoisotopic (exact) mass is 440 g/mol. The highest BCUT2D eigenvalue weighted by molar-refractivity contribution is 6.04. The van der Waals surface area contributed by atoms with Crippen molar-refractivity contribution in [1.29, 1.82) is 0 Å². The minimum Gasteiger partial charge on any atom is -0.337 e. The van der Waals surface area contributed by atoms with Crippen LogP contribution in [0.3, 0.4) is 0 Å². The zero-order valence-electron chi connectivity index (χ0n) is 19.8. The maximum Gasteiger partial charge on any atom is 0.257 e. The van der Waals surface area contributed by atoms with Crippen molar-refractivity contribution in [3.05, 3.63) is 58.7 Å². The third-order valence-corrected chi connectivity index (χ3v) is 5.91. The number of aromatic nitrogens is 1. The molecule has 1 aliphatic rings. The van der Waals surface area contributed by atoms with Crippen LogP contribution in [-0.4, -0.2) is 52.3 Å². The highest BCUT2D eigenvalue weighted by Gasteiger charge is 2.33. The van der Waals surface area contributed by atoms with Gasteiger partial charge in [-0.2, -0.15) is 0 Å². The lowest BCUT2D eigenvalue weighted by Crippen LogP contribution is -2.56. The van der Waals surface area contributed by atoms with Gasteiger partial charge in [-0.1, -0.05) is 20.8 Å². The third kappa shape index (κ3) is 5.51. The number of amides is 2. The molecule has 2 amide bonds. The van der Waals surface area contributed by atoms with E-state index in [2.05, 4.69) is 22.1 Å². The largest absolute Gasteiger partial charge is 0.337 e. The Kier molecular flexibility index (Phi) is 6.98. The lowest BCUT2D eigenvalue weighted by molar-refractivity contribution is -0.144. The van der Waals surface area contributed by atoms with Gasteiger partial charge in [0.2, 0.25) is 5.91 Å². The number of piperazine rings is 1. The maximum absolute atomic E-state index is 14.4. The second-order valence-corrected chi connectivity index (χ2v) is 9.71. The molecule has 1 N–H and O–H groups in total. The molecular formula is C25H33FN4O2. The number of nitrogens with zero attached hydrogens (tertiary/aromatic N) is 3. The Hall–Kier alpha value is -2.80. The molecule has 0 aliphatic carbocycles. The Morgan fingerprint density at radius 3 is 2.50 bits per heavy atom. The fourth-order valence-electron chi connectivity index (χ4n) is 3.98. The van der Waals surface area contributed by atoms with E-state index < -0.39 is 11.2 Å². The molecule has 1 fully saturated rings. The Bertz CT molecular complexity index is 998. The van der Waals surface area contributed by atoms with Crippen LogP contribution in [0.2, 0.25) is 0 Å². The molecule has 1 aromatic heterocycles. The average molecular weight is 441 g/mol. The van der Waals surface area contributed by atoms with Crippen LogP contribution in [0.25, 0.3) is 0 Å². The Balaban J connectivity index is 1.72. The summed E-state index contributed by atoms with van der Waals surface area (Å²) in [7, 11) is 0. The number of aryl methyl sites for hydroxylation is 1. The first kappa shape index (κ1) is 23.9. The van der Waals surface area contributed by atoms with Crippen molar-refractivity contribution in [2.24, 2.45) is 5.41 Å². The second-order valence-electron chi connectivity index (χ2n) is 9.71. The summed E-state index contributed by atoms with van der Waals surface area (Å²) in [6, 6.07) is 6.42. The summed E-state index contributed by atoms with van der Waals surface area (Å²) >= 11 is 0. The van der Waals surface area contributed by atoms with Crippen molar-refractivity contribution in [3.63, 3.8) is 0 Å².